The van der Waals surface area contributed by atoms with Crippen molar-refractivity contribution in [1.82, 2.24) is 0 Å². The quantitative estimate of drug-likeness (QED) is 0.636. The van der Waals surface area contributed by atoms with Gasteiger partial charge in [0.2, 0.25) is 0 Å². The van der Waals surface area contributed by atoms with Crippen molar-refractivity contribution >= 4 is 17.9 Å². The zero-order chi connectivity index (χ0) is 17.1. The van der Waals surface area contributed by atoms with E-state index >= 15 is 0 Å². The van der Waals surface area contributed by atoms with Crippen LogP contribution in [0.2, 0.25) is 0 Å². The summed E-state index contributed by atoms with van der Waals surface area (Å²) >= 11 is 0. The van der Waals surface area contributed by atoms with Gasteiger partial charge >= 0.3 is 17.9 Å². The number of carboxylic acids is 1. The van der Waals surface area contributed by atoms with Gasteiger partial charge in [-0.1, -0.05) is 20.8 Å². The first kappa shape index (κ1) is 16.5. The fourth-order valence-corrected chi connectivity index (χ4v) is 5.68. The van der Waals surface area contributed by atoms with Crippen molar-refractivity contribution < 1.29 is 24.2 Å². The number of ether oxygens (including phenoxy) is 1. The van der Waals surface area contributed by atoms with E-state index in [4.69, 9.17) is 4.74 Å². The molecule has 2 aliphatic carbocycles. The Hall–Kier alpha value is -1.39. The molecule has 0 aromatic heterocycles. The van der Waals surface area contributed by atoms with Gasteiger partial charge in [-0.25, -0.2) is 0 Å². The molecule has 8 atom stereocenters. The van der Waals surface area contributed by atoms with Gasteiger partial charge in [-0.05, 0) is 55.8 Å². The summed E-state index contributed by atoms with van der Waals surface area (Å²) < 4.78 is 4.72. The fourth-order valence-electron chi connectivity index (χ4n) is 5.68. The van der Waals surface area contributed by atoms with Gasteiger partial charge < -0.3 is 9.84 Å². The predicted octanol–water partition coefficient (Wildman–Crippen LogP) is 2.73. The van der Waals surface area contributed by atoms with Crippen LogP contribution < -0.4 is 0 Å². The molecule has 128 valence electrons. The third kappa shape index (κ3) is 2.31. The molecule has 2 saturated carbocycles. The molecule has 0 aromatic carbocycles. The van der Waals surface area contributed by atoms with Gasteiger partial charge in [-0.3, -0.25) is 14.4 Å². The number of carbonyl (C=O) groups excluding carboxylic acids is 2. The lowest BCUT2D eigenvalue weighted by Crippen LogP contribution is -2.44. The van der Waals surface area contributed by atoms with Crippen molar-refractivity contribution in [1.29, 1.82) is 0 Å². The molecular formula is C18H26O5. The number of aliphatic carboxylic acids is 1. The minimum Gasteiger partial charge on any atom is -0.481 e. The van der Waals surface area contributed by atoms with Crippen molar-refractivity contribution in [3.8, 4) is 0 Å². The lowest BCUT2D eigenvalue weighted by Gasteiger charge is -2.39. The Labute approximate surface area is 136 Å². The smallest absolute Gasteiger partial charge is 0.318 e. The number of carbonyl (C=O) groups is 3. The highest BCUT2D eigenvalue weighted by atomic mass is 16.6. The van der Waals surface area contributed by atoms with Crippen LogP contribution in [0.5, 0.6) is 0 Å². The van der Waals surface area contributed by atoms with Gasteiger partial charge in [-0.2, -0.15) is 0 Å². The first-order valence-corrected chi connectivity index (χ1v) is 8.65. The van der Waals surface area contributed by atoms with Crippen molar-refractivity contribution in [3.63, 3.8) is 0 Å². The van der Waals surface area contributed by atoms with Gasteiger partial charge in [0, 0.05) is 0 Å². The van der Waals surface area contributed by atoms with E-state index < -0.39 is 35.2 Å². The zero-order valence-electron chi connectivity index (χ0n) is 14.2. The molecule has 23 heavy (non-hydrogen) atoms. The van der Waals surface area contributed by atoms with E-state index in [0.29, 0.717) is 36.0 Å². The molecule has 8 unspecified atom stereocenters. The summed E-state index contributed by atoms with van der Waals surface area (Å²) in [5.41, 5.74) is -1.24. The number of hydrogen-bond donors (Lipinski definition) is 1. The summed E-state index contributed by atoms with van der Waals surface area (Å²) in [6.45, 7) is 7.69. The summed E-state index contributed by atoms with van der Waals surface area (Å²) in [5, 5.41) is 9.88. The molecule has 5 nitrogen and oxygen atoms in total. The van der Waals surface area contributed by atoms with Crippen LogP contribution in [0, 0.1) is 46.8 Å². The maximum Gasteiger partial charge on any atom is 0.318 e. The Kier molecular flexibility index (Phi) is 3.81. The lowest BCUT2D eigenvalue weighted by molar-refractivity contribution is -0.162. The molecule has 0 amide bonds. The van der Waals surface area contributed by atoms with E-state index in [1.54, 1.807) is 13.8 Å². The fraction of sp³-hybridized carbons (Fsp3) is 0.833. The van der Waals surface area contributed by atoms with Crippen LogP contribution in [0.3, 0.4) is 0 Å². The van der Waals surface area contributed by atoms with Crippen molar-refractivity contribution in [3.05, 3.63) is 0 Å². The Morgan fingerprint density at radius 1 is 1.22 bits per heavy atom. The monoisotopic (exact) mass is 322 g/mol. The average Bonchev–Trinajstić information content (AvgIpc) is 3.05. The number of cyclic esters (lactones) is 2. The normalized spacial score (nSPS) is 45.1. The van der Waals surface area contributed by atoms with Gasteiger partial charge in [0.1, 0.15) is 0 Å². The molecule has 1 saturated heterocycles. The summed E-state index contributed by atoms with van der Waals surface area (Å²) in [7, 11) is 0. The van der Waals surface area contributed by atoms with E-state index in [0.717, 1.165) is 0 Å². The van der Waals surface area contributed by atoms with Crippen molar-refractivity contribution in [2.24, 2.45) is 46.8 Å². The van der Waals surface area contributed by atoms with Gasteiger partial charge in [0.25, 0.3) is 0 Å². The number of fused-ring (bicyclic) bond motifs is 2. The first-order valence-electron chi connectivity index (χ1n) is 8.65. The highest BCUT2D eigenvalue weighted by molar-refractivity contribution is 5.99. The molecule has 5 heteroatoms. The molecule has 3 aliphatic rings. The standard InChI is InChI=1S/C18H26O5/c1-8-5-11-6-12(8)13(9(11)2)7-18(4,17(21)22)14-10(3)15(19)23-16(14)20/h8-14H,5-7H2,1-4H3,(H,21,22). The van der Waals surface area contributed by atoms with Crippen molar-refractivity contribution in [2.45, 2.75) is 47.0 Å². The highest BCUT2D eigenvalue weighted by Crippen LogP contribution is 2.59. The Morgan fingerprint density at radius 2 is 1.87 bits per heavy atom. The van der Waals surface area contributed by atoms with Crippen LogP contribution in [0.25, 0.3) is 0 Å². The van der Waals surface area contributed by atoms with Crippen LogP contribution >= 0.6 is 0 Å². The van der Waals surface area contributed by atoms with Crippen LogP contribution in [-0.2, 0) is 19.1 Å². The Bertz CT molecular complexity index is 556. The Balaban J connectivity index is 1.89. The second-order valence-corrected chi connectivity index (χ2v) is 8.33. The van der Waals surface area contributed by atoms with E-state index in [1.807, 2.05) is 0 Å². The van der Waals surface area contributed by atoms with Gasteiger partial charge in [-0.15, -0.1) is 0 Å². The molecule has 0 aromatic rings. The van der Waals surface area contributed by atoms with E-state index in [-0.39, 0.29) is 0 Å². The van der Waals surface area contributed by atoms with E-state index in [1.165, 1.54) is 12.8 Å². The Morgan fingerprint density at radius 3 is 2.35 bits per heavy atom. The number of rotatable bonds is 4. The second-order valence-electron chi connectivity index (χ2n) is 8.33. The van der Waals surface area contributed by atoms with Crippen LogP contribution in [0.15, 0.2) is 0 Å². The van der Waals surface area contributed by atoms with E-state index in [9.17, 15) is 19.5 Å². The first-order chi connectivity index (χ1) is 10.7. The maximum atomic E-state index is 12.1. The maximum absolute atomic E-state index is 12.1. The molecule has 1 heterocycles. The molecule has 1 N–H and O–H groups in total. The minimum absolute atomic E-state index is 0.306. The number of esters is 2. The van der Waals surface area contributed by atoms with Crippen LogP contribution in [-0.4, -0.2) is 23.0 Å². The highest BCUT2D eigenvalue weighted by Gasteiger charge is 2.59. The van der Waals surface area contributed by atoms with Crippen LogP contribution in [0.1, 0.15) is 47.0 Å². The molecular weight excluding hydrogens is 296 g/mol. The largest absolute Gasteiger partial charge is 0.481 e. The topological polar surface area (TPSA) is 80.7 Å². The predicted molar refractivity (Wildman–Crippen MR) is 82.1 cm³/mol. The molecule has 3 rings (SSSR count). The number of hydrogen-bond acceptors (Lipinski definition) is 4. The third-order valence-corrected chi connectivity index (χ3v) is 7.11. The molecule has 3 fully saturated rings. The van der Waals surface area contributed by atoms with Crippen molar-refractivity contribution in [2.75, 3.05) is 0 Å². The van der Waals surface area contributed by atoms with Gasteiger partial charge in [0.05, 0.1) is 17.3 Å². The van der Waals surface area contributed by atoms with E-state index in [2.05, 4.69) is 13.8 Å². The molecule has 0 spiro atoms. The summed E-state index contributed by atoms with van der Waals surface area (Å²) in [6, 6.07) is 0. The molecule has 2 bridgehead atoms. The zero-order valence-corrected chi connectivity index (χ0v) is 14.2. The van der Waals surface area contributed by atoms with Crippen LogP contribution in [0.4, 0.5) is 0 Å². The minimum atomic E-state index is -1.24. The average molecular weight is 322 g/mol. The summed E-state index contributed by atoms with van der Waals surface area (Å²) in [5.74, 6) is -1.21. The molecule has 1 aliphatic heterocycles. The lowest BCUT2D eigenvalue weighted by atomic mass is 9.62. The van der Waals surface area contributed by atoms with Gasteiger partial charge in [0.15, 0.2) is 0 Å². The third-order valence-electron chi connectivity index (χ3n) is 7.11. The SMILES string of the molecule is CC1CC2CC1C(CC(C)(C(=O)O)C1C(=O)OC(=O)C1C)C2C. The second kappa shape index (κ2) is 5.32. The summed E-state index contributed by atoms with van der Waals surface area (Å²) in [6.07, 6.45) is 2.85. The summed E-state index contributed by atoms with van der Waals surface area (Å²) in [4.78, 5) is 35.9. The number of carboxylic acid groups (broad SMARTS) is 1. The molecule has 0 radical (unpaired) electrons.